The topological polar surface area (TPSA) is 69.4 Å². The monoisotopic (exact) mass is 289 g/mol. The number of rotatable bonds is 7. The lowest BCUT2D eigenvalue weighted by atomic mass is 10.1. The minimum Gasteiger partial charge on any atom is -0.399 e. The Morgan fingerprint density at radius 3 is 2.58 bits per heavy atom. The van der Waals surface area contributed by atoms with Crippen LogP contribution in [0, 0.1) is 11.7 Å². The highest BCUT2D eigenvalue weighted by molar-refractivity contribution is 7.91. The summed E-state index contributed by atoms with van der Waals surface area (Å²) in [6.07, 6.45) is 0.871. The first kappa shape index (κ1) is 15.9. The summed E-state index contributed by atoms with van der Waals surface area (Å²) >= 11 is 0. The van der Waals surface area contributed by atoms with Gasteiger partial charge in [0.1, 0.15) is 10.7 Å². The summed E-state index contributed by atoms with van der Waals surface area (Å²) in [5, 5.41) is 0. The molecule has 0 aliphatic heterocycles. The van der Waals surface area contributed by atoms with Gasteiger partial charge in [0.25, 0.3) is 0 Å². The average molecular weight is 289 g/mol. The van der Waals surface area contributed by atoms with Gasteiger partial charge in [0.2, 0.25) is 0 Å². The Hall–Kier alpha value is -1.14. The molecule has 0 spiro atoms. The molecule has 0 radical (unpaired) electrons. The van der Waals surface area contributed by atoms with Crippen molar-refractivity contribution in [2.24, 2.45) is 5.92 Å². The number of ether oxygens (including phenoxy) is 1. The molecule has 0 fully saturated rings. The van der Waals surface area contributed by atoms with E-state index in [1.807, 2.05) is 0 Å². The lowest BCUT2D eigenvalue weighted by Gasteiger charge is -2.08. The van der Waals surface area contributed by atoms with Crippen molar-refractivity contribution < 1.29 is 17.5 Å². The number of benzene rings is 1. The van der Waals surface area contributed by atoms with Crippen molar-refractivity contribution in [2.45, 2.75) is 25.2 Å². The van der Waals surface area contributed by atoms with Crippen LogP contribution < -0.4 is 5.73 Å². The van der Waals surface area contributed by atoms with Crippen LogP contribution in [0.4, 0.5) is 10.1 Å². The van der Waals surface area contributed by atoms with Crippen LogP contribution in [-0.2, 0) is 14.6 Å². The third-order valence-corrected chi connectivity index (χ3v) is 4.33. The Balaban J connectivity index is 2.56. The molecule has 4 nitrogen and oxygen atoms in total. The molecule has 1 aromatic rings. The largest absolute Gasteiger partial charge is 0.399 e. The Bertz CT molecular complexity index is 515. The van der Waals surface area contributed by atoms with Crippen molar-refractivity contribution in [2.75, 3.05) is 24.7 Å². The van der Waals surface area contributed by atoms with E-state index < -0.39 is 15.7 Å². The zero-order chi connectivity index (χ0) is 14.5. The number of nitrogen functional groups attached to an aromatic ring is 1. The SMILES string of the molecule is CC(C)CCOCCS(=O)(=O)c1ccc(N)cc1F. The van der Waals surface area contributed by atoms with E-state index in [0.29, 0.717) is 12.5 Å². The van der Waals surface area contributed by atoms with Crippen LogP contribution in [0.5, 0.6) is 0 Å². The molecule has 2 N–H and O–H groups in total. The van der Waals surface area contributed by atoms with Crippen LogP contribution >= 0.6 is 0 Å². The van der Waals surface area contributed by atoms with E-state index in [2.05, 4.69) is 13.8 Å². The summed E-state index contributed by atoms with van der Waals surface area (Å²) in [5.41, 5.74) is 5.58. The second-order valence-corrected chi connectivity index (χ2v) is 6.88. The van der Waals surface area contributed by atoms with Gasteiger partial charge in [-0.05, 0) is 30.5 Å². The first-order valence-electron chi connectivity index (χ1n) is 6.18. The molecule has 0 aliphatic rings. The fourth-order valence-electron chi connectivity index (χ4n) is 1.47. The van der Waals surface area contributed by atoms with Crippen LogP contribution in [0.25, 0.3) is 0 Å². The van der Waals surface area contributed by atoms with E-state index in [4.69, 9.17) is 10.5 Å². The minimum atomic E-state index is -3.66. The Morgan fingerprint density at radius 1 is 1.32 bits per heavy atom. The molecule has 0 amide bonds. The van der Waals surface area contributed by atoms with E-state index in [-0.39, 0.29) is 22.9 Å². The molecule has 0 unspecified atom stereocenters. The summed E-state index contributed by atoms with van der Waals surface area (Å²) in [5.74, 6) is -0.542. The average Bonchev–Trinajstić information content (AvgIpc) is 2.27. The number of halogens is 1. The maximum Gasteiger partial charge on any atom is 0.183 e. The molecule has 0 saturated heterocycles. The van der Waals surface area contributed by atoms with Crippen molar-refractivity contribution >= 4 is 15.5 Å². The second kappa shape index (κ2) is 6.86. The molecule has 0 bridgehead atoms. The predicted molar refractivity (Wildman–Crippen MR) is 73.1 cm³/mol. The Labute approximate surface area is 113 Å². The highest BCUT2D eigenvalue weighted by Crippen LogP contribution is 2.18. The van der Waals surface area contributed by atoms with Gasteiger partial charge in [-0.3, -0.25) is 0 Å². The molecule has 0 saturated carbocycles. The van der Waals surface area contributed by atoms with Gasteiger partial charge in [-0.25, -0.2) is 12.8 Å². The third-order valence-electron chi connectivity index (χ3n) is 2.63. The molecule has 1 rings (SSSR count). The smallest absolute Gasteiger partial charge is 0.183 e. The molecular weight excluding hydrogens is 269 g/mol. The number of hydrogen-bond acceptors (Lipinski definition) is 4. The quantitative estimate of drug-likeness (QED) is 0.617. The number of hydrogen-bond donors (Lipinski definition) is 1. The first-order valence-corrected chi connectivity index (χ1v) is 7.83. The predicted octanol–water partition coefficient (Wildman–Crippen LogP) is 2.24. The summed E-state index contributed by atoms with van der Waals surface area (Å²) in [6, 6.07) is 3.57. The van der Waals surface area contributed by atoms with E-state index >= 15 is 0 Å². The summed E-state index contributed by atoms with van der Waals surface area (Å²) in [4.78, 5) is -0.325. The van der Waals surface area contributed by atoms with E-state index in [0.717, 1.165) is 12.5 Å². The lowest BCUT2D eigenvalue weighted by Crippen LogP contribution is -2.15. The zero-order valence-corrected chi connectivity index (χ0v) is 12.0. The normalized spacial score (nSPS) is 12.0. The third kappa shape index (κ3) is 5.16. The molecule has 108 valence electrons. The van der Waals surface area contributed by atoms with Gasteiger partial charge in [0.15, 0.2) is 9.84 Å². The molecular formula is C13H20FNO3S. The Kier molecular flexibility index (Phi) is 5.75. The molecule has 0 aliphatic carbocycles. The zero-order valence-electron chi connectivity index (χ0n) is 11.2. The van der Waals surface area contributed by atoms with E-state index in [9.17, 15) is 12.8 Å². The summed E-state index contributed by atoms with van der Waals surface area (Å²) in [6.45, 7) is 4.70. The van der Waals surface area contributed by atoms with Crippen molar-refractivity contribution in [3.63, 3.8) is 0 Å². The van der Waals surface area contributed by atoms with Crippen LogP contribution in [0.15, 0.2) is 23.1 Å². The van der Waals surface area contributed by atoms with Crippen LogP contribution in [0.1, 0.15) is 20.3 Å². The molecule has 19 heavy (non-hydrogen) atoms. The van der Waals surface area contributed by atoms with Crippen LogP contribution in [0.2, 0.25) is 0 Å². The summed E-state index contributed by atoms with van der Waals surface area (Å²) < 4.78 is 42.6. The molecule has 1 aromatic carbocycles. The first-order chi connectivity index (χ1) is 8.83. The van der Waals surface area contributed by atoms with Crippen molar-refractivity contribution in [3.05, 3.63) is 24.0 Å². The van der Waals surface area contributed by atoms with Gasteiger partial charge in [-0.2, -0.15) is 0 Å². The maximum absolute atomic E-state index is 13.5. The van der Waals surface area contributed by atoms with Gasteiger partial charge >= 0.3 is 0 Å². The highest BCUT2D eigenvalue weighted by atomic mass is 32.2. The lowest BCUT2D eigenvalue weighted by molar-refractivity contribution is 0.137. The van der Waals surface area contributed by atoms with Crippen molar-refractivity contribution in [1.82, 2.24) is 0 Å². The minimum absolute atomic E-state index is 0.0683. The van der Waals surface area contributed by atoms with Gasteiger partial charge in [-0.15, -0.1) is 0 Å². The van der Waals surface area contributed by atoms with Gasteiger partial charge in [0.05, 0.1) is 12.4 Å². The maximum atomic E-state index is 13.5. The van der Waals surface area contributed by atoms with Gasteiger partial charge < -0.3 is 10.5 Å². The van der Waals surface area contributed by atoms with Gasteiger partial charge in [0, 0.05) is 12.3 Å². The molecule has 0 atom stereocenters. The van der Waals surface area contributed by atoms with Crippen LogP contribution in [-0.4, -0.2) is 27.4 Å². The number of anilines is 1. The van der Waals surface area contributed by atoms with Crippen molar-refractivity contribution in [1.29, 1.82) is 0 Å². The highest BCUT2D eigenvalue weighted by Gasteiger charge is 2.19. The summed E-state index contributed by atoms with van der Waals surface area (Å²) in [7, 11) is -3.66. The number of nitrogens with two attached hydrogens (primary N) is 1. The Morgan fingerprint density at radius 2 is 2.00 bits per heavy atom. The second-order valence-electron chi connectivity index (χ2n) is 4.80. The molecule has 0 aromatic heterocycles. The van der Waals surface area contributed by atoms with Gasteiger partial charge in [-0.1, -0.05) is 13.8 Å². The standard InChI is InChI=1S/C13H20FNO3S/c1-10(2)5-6-18-7-8-19(16,17)13-4-3-11(15)9-12(13)14/h3-4,9-10H,5-8,15H2,1-2H3. The van der Waals surface area contributed by atoms with E-state index in [1.165, 1.54) is 12.1 Å². The van der Waals surface area contributed by atoms with Crippen LogP contribution in [0.3, 0.4) is 0 Å². The fraction of sp³-hybridized carbons (Fsp3) is 0.538. The fourth-order valence-corrected chi connectivity index (χ4v) is 2.66. The number of sulfone groups is 1. The molecule has 6 heteroatoms. The van der Waals surface area contributed by atoms with Crippen molar-refractivity contribution in [3.8, 4) is 0 Å². The van der Waals surface area contributed by atoms with E-state index in [1.54, 1.807) is 0 Å². The molecule has 0 heterocycles.